The van der Waals surface area contributed by atoms with E-state index in [1.807, 2.05) is 12.1 Å². The van der Waals surface area contributed by atoms with Crippen LogP contribution in [0.25, 0.3) is 0 Å². The fourth-order valence-corrected chi connectivity index (χ4v) is 3.85. The van der Waals surface area contributed by atoms with Crippen molar-refractivity contribution in [3.63, 3.8) is 0 Å². The molecule has 128 valence electrons. The first kappa shape index (κ1) is 17.5. The Labute approximate surface area is 153 Å². The van der Waals surface area contributed by atoms with Crippen molar-refractivity contribution in [3.05, 3.63) is 50.4 Å². The van der Waals surface area contributed by atoms with Crippen molar-refractivity contribution in [1.29, 1.82) is 0 Å². The van der Waals surface area contributed by atoms with Crippen molar-refractivity contribution in [1.82, 2.24) is 9.80 Å². The molecule has 1 N–H and O–H groups in total. The first-order valence-corrected chi connectivity index (χ1v) is 9.06. The summed E-state index contributed by atoms with van der Waals surface area (Å²) in [5.41, 5.74) is 0.488. The molecule has 1 aliphatic heterocycles. The summed E-state index contributed by atoms with van der Waals surface area (Å²) in [6, 6.07) is 7.88. The van der Waals surface area contributed by atoms with E-state index in [2.05, 4.69) is 10.2 Å². The Morgan fingerprint density at radius 3 is 2.54 bits per heavy atom. The van der Waals surface area contributed by atoms with E-state index >= 15 is 0 Å². The fraction of sp³-hybridized carbons (Fsp3) is 0.312. The Morgan fingerprint density at radius 1 is 1.17 bits per heavy atom. The normalized spacial score (nSPS) is 15.5. The van der Waals surface area contributed by atoms with Crippen LogP contribution >= 0.6 is 34.5 Å². The quantitative estimate of drug-likeness (QED) is 0.838. The molecule has 2 heterocycles. The summed E-state index contributed by atoms with van der Waals surface area (Å²) in [5.74, 6) is -0.503. The van der Waals surface area contributed by atoms with E-state index in [-0.39, 0.29) is 11.1 Å². The Hall–Kier alpha value is -1.34. The van der Waals surface area contributed by atoms with E-state index in [4.69, 9.17) is 23.2 Å². The number of urea groups is 1. The number of halogens is 3. The van der Waals surface area contributed by atoms with Crippen LogP contribution < -0.4 is 5.32 Å². The van der Waals surface area contributed by atoms with E-state index in [0.717, 1.165) is 24.0 Å². The summed E-state index contributed by atoms with van der Waals surface area (Å²) < 4.78 is 13.9. The van der Waals surface area contributed by atoms with Crippen LogP contribution in [0.3, 0.4) is 0 Å². The maximum absolute atomic E-state index is 13.1. The van der Waals surface area contributed by atoms with Crippen LogP contribution in [-0.4, -0.2) is 42.0 Å². The van der Waals surface area contributed by atoms with Gasteiger partial charge < -0.3 is 10.2 Å². The van der Waals surface area contributed by atoms with Crippen molar-refractivity contribution in [2.45, 2.75) is 6.54 Å². The van der Waals surface area contributed by atoms with E-state index in [1.165, 1.54) is 23.1 Å². The monoisotopic (exact) mass is 387 g/mol. The van der Waals surface area contributed by atoms with Gasteiger partial charge in [0.25, 0.3) is 0 Å². The van der Waals surface area contributed by atoms with Crippen molar-refractivity contribution in [3.8, 4) is 0 Å². The van der Waals surface area contributed by atoms with Crippen LogP contribution in [0.4, 0.5) is 14.9 Å². The molecule has 24 heavy (non-hydrogen) atoms. The molecule has 2 amide bonds. The van der Waals surface area contributed by atoms with Crippen molar-refractivity contribution in [2.24, 2.45) is 0 Å². The Kier molecular flexibility index (Phi) is 5.61. The summed E-state index contributed by atoms with van der Waals surface area (Å²) in [4.78, 5) is 17.5. The van der Waals surface area contributed by atoms with E-state index in [1.54, 1.807) is 16.2 Å². The lowest BCUT2D eigenvalue weighted by Crippen LogP contribution is -2.49. The smallest absolute Gasteiger partial charge is 0.321 e. The SMILES string of the molecule is O=C(Nc1ccc(F)c(Cl)c1)N1CCN(Cc2ccc(Cl)s2)CC1. The number of nitrogens with one attached hydrogen (secondary N) is 1. The summed E-state index contributed by atoms with van der Waals surface area (Å²) in [5, 5.41) is 2.74. The molecule has 4 nitrogen and oxygen atoms in total. The van der Waals surface area contributed by atoms with Gasteiger partial charge >= 0.3 is 6.03 Å². The molecule has 1 saturated heterocycles. The predicted molar refractivity (Wildman–Crippen MR) is 96.6 cm³/mol. The van der Waals surface area contributed by atoms with Crippen LogP contribution in [0, 0.1) is 5.82 Å². The second-order valence-electron chi connectivity index (χ2n) is 5.53. The number of thiophene rings is 1. The van der Waals surface area contributed by atoms with E-state index < -0.39 is 5.82 Å². The van der Waals surface area contributed by atoms with E-state index in [9.17, 15) is 9.18 Å². The van der Waals surface area contributed by atoms with Crippen molar-refractivity contribution in [2.75, 3.05) is 31.5 Å². The van der Waals surface area contributed by atoms with Crippen molar-refractivity contribution < 1.29 is 9.18 Å². The molecule has 0 spiro atoms. The Bertz CT molecular complexity index is 732. The number of anilines is 1. The number of piperazine rings is 1. The second kappa shape index (κ2) is 7.70. The van der Waals surface area contributed by atoms with Gasteiger partial charge in [0.1, 0.15) is 5.82 Å². The van der Waals surface area contributed by atoms with Gasteiger partial charge in [-0.25, -0.2) is 9.18 Å². The molecule has 0 radical (unpaired) electrons. The molecule has 1 aliphatic rings. The highest BCUT2D eigenvalue weighted by Gasteiger charge is 2.21. The number of hydrogen-bond donors (Lipinski definition) is 1. The maximum Gasteiger partial charge on any atom is 0.321 e. The largest absolute Gasteiger partial charge is 0.322 e. The lowest BCUT2D eigenvalue weighted by molar-refractivity contribution is 0.143. The fourth-order valence-electron chi connectivity index (χ4n) is 2.54. The lowest BCUT2D eigenvalue weighted by Gasteiger charge is -2.34. The first-order chi connectivity index (χ1) is 11.5. The molecule has 2 aromatic rings. The van der Waals surface area contributed by atoms with Gasteiger partial charge in [-0.3, -0.25) is 4.90 Å². The summed E-state index contributed by atoms with van der Waals surface area (Å²) >= 11 is 13.3. The minimum Gasteiger partial charge on any atom is -0.322 e. The molecule has 3 rings (SSSR count). The summed E-state index contributed by atoms with van der Waals surface area (Å²) in [6.07, 6.45) is 0. The summed E-state index contributed by atoms with van der Waals surface area (Å²) in [6.45, 7) is 3.72. The molecule has 0 saturated carbocycles. The third-order valence-corrected chi connectivity index (χ3v) is 5.34. The number of carbonyl (C=O) groups is 1. The topological polar surface area (TPSA) is 35.6 Å². The van der Waals surface area contributed by atoms with Gasteiger partial charge in [0, 0.05) is 43.3 Å². The number of amides is 2. The number of hydrogen-bond acceptors (Lipinski definition) is 3. The standard InChI is InChI=1S/C16H16Cl2FN3OS/c17-13-9-11(1-3-14(13)19)20-16(23)22-7-5-21(6-8-22)10-12-2-4-15(18)24-12/h1-4,9H,5-8,10H2,(H,20,23). The molecule has 8 heteroatoms. The Balaban J connectivity index is 1.50. The van der Waals surface area contributed by atoms with Gasteiger partial charge in [0.05, 0.1) is 9.36 Å². The molecule has 1 fully saturated rings. The molecular weight excluding hydrogens is 372 g/mol. The highest BCUT2D eigenvalue weighted by molar-refractivity contribution is 7.16. The average Bonchev–Trinajstić information content (AvgIpc) is 2.96. The molecular formula is C16H16Cl2FN3OS. The van der Waals surface area contributed by atoms with Gasteiger partial charge in [-0.15, -0.1) is 11.3 Å². The summed E-state index contributed by atoms with van der Waals surface area (Å²) in [7, 11) is 0. The van der Waals surface area contributed by atoms with Gasteiger partial charge in [0.2, 0.25) is 0 Å². The number of nitrogens with zero attached hydrogens (tertiary/aromatic N) is 2. The Morgan fingerprint density at radius 2 is 1.92 bits per heavy atom. The van der Waals surface area contributed by atoms with Crippen LogP contribution in [0.15, 0.2) is 30.3 Å². The van der Waals surface area contributed by atoms with Gasteiger partial charge in [-0.05, 0) is 30.3 Å². The van der Waals surface area contributed by atoms with Crippen LogP contribution in [0.5, 0.6) is 0 Å². The highest BCUT2D eigenvalue weighted by Crippen LogP contribution is 2.23. The molecule has 1 aromatic heterocycles. The van der Waals surface area contributed by atoms with Crippen LogP contribution in [0.1, 0.15) is 4.88 Å². The van der Waals surface area contributed by atoms with E-state index in [0.29, 0.717) is 18.8 Å². The molecule has 0 unspecified atom stereocenters. The molecule has 0 aliphatic carbocycles. The van der Waals surface area contributed by atoms with Crippen LogP contribution in [0.2, 0.25) is 9.36 Å². The van der Waals surface area contributed by atoms with Gasteiger partial charge in [0.15, 0.2) is 0 Å². The third-order valence-electron chi connectivity index (χ3n) is 3.84. The number of rotatable bonds is 3. The minimum absolute atomic E-state index is 0.00720. The van der Waals surface area contributed by atoms with Gasteiger partial charge in [-0.2, -0.15) is 0 Å². The first-order valence-electron chi connectivity index (χ1n) is 7.49. The number of carbonyl (C=O) groups excluding carboxylic acids is 1. The van der Waals surface area contributed by atoms with Crippen molar-refractivity contribution >= 4 is 46.3 Å². The molecule has 0 atom stereocenters. The predicted octanol–water partition coefficient (Wildman–Crippen LogP) is 4.54. The molecule has 1 aromatic carbocycles. The average molecular weight is 388 g/mol. The third kappa shape index (κ3) is 4.39. The molecule has 0 bridgehead atoms. The second-order valence-corrected chi connectivity index (χ2v) is 7.73. The minimum atomic E-state index is -0.503. The number of benzene rings is 1. The van der Waals surface area contributed by atoms with Crippen LogP contribution in [-0.2, 0) is 6.54 Å². The highest BCUT2D eigenvalue weighted by atomic mass is 35.5. The van der Waals surface area contributed by atoms with Gasteiger partial charge in [-0.1, -0.05) is 23.2 Å². The zero-order valence-corrected chi connectivity index (χ0v) is 15.1. The zero-order valence-electron chi connectivity index (χ0n) is 12.8. The maximum atomic E-state index is 13.1. The zero-order chi connectivity index (χ0) is 17.1. The lowest BCUT2D eigenvalue weighted by atomic mass is 10.3.